The molecule has 0 aromatic carbocycles. The average Bonchev–Trinajstić information content (AvgIpc) is 3.00. The van der Waals surface area contributed by atoms with Crippen LogP contribution in [0.1, 0.15) is 31.5 Å². The Morgan fingerprint density at radius 2 is 2.11 bits per heavy atom. The molecule has 3 aliphatic rings. The second-order valence-electron chi connectivity index (χ2n) is 7.01. The van der Waals surface area contributed by atoms with Crippen molar-refractivity contribution in [1.29, 1.82) is 0 Å². The summed E-state index contributed by atoms with van der Waals surface area (Å²) >= 11 is 6.12. The zero-order valence-electron chi connectivity index (χ0n) is 15.0. The van der Waals surface area contributed by atoms with Crippen molar-refractivity contribution in [2.45, 2.75) is 43.9 Å². The molecule has 9 heteroatoms. The molecule has 1 aromatic heterocycles. The number of nitrogens with zero attached hydrogens (tertiary/aromatic N) is 3. The molecule has 0 amide bonds. The van der Waals surface area contributed by atoms with Crippen LogP contribution in [0.25, 0.3) is 5.57 Å². The van der Waals surface area contributed by atoms with E-state index in [2.05, 4.69) is 25.9 Å². The molecule has 2 aliphatic heterocycles. The molecule has 1 saturated carbocycles. The van der Waals surface area contributed by atoms with Crippen molar-refractivity contribution in [2.24, 2.45) is 5.84 Å². The maximum absolute atomic E-state index is 14.4. The summed E-state index contributed by atoms with van der Waals surface area (Å²) in [5.41, 5.74) is 1.58. The Hall–Kier alpha value is -2.16. The maximum Gasteiger partial charge on any atom is 0.183 e. The lowest BCUT2D eigenvalue weighted by molar-refractivity contribution is 0.313. The van der Waals surface area contributed by atoms with E-state index in [1.807, 2.05) is 13.1 Å². The van der Waals surface area contributed by atoms with Gasteiger partial charge in [0.25, 0.3) is 0 Å². The number of hydrogen-bond acceptors (Lipinski definition) is 7. The highest BCUT2D eigenvalue weighted by molar-refractivity contribution is 6.31. The molecule has 7 nitrogen and oxygen atoms in total. The number of hydrazine groups is 1. The highest BCUT2D eigenvalue weighted by Gasteiger charge is 2.32. The SMILES string of the molecule is CN[C@H]1CCCC[C@@H]1Nc1nc(C2=CN(N)C3NC=C(Cl)C=C23)ncc1F. The Morgan fingerprint density at radius 3 is 2.89 bits per heavy atom. The number of halogens is 2. The zero-order valence-corrected chi connectivity index (χ0v) is 15.8. The number of rotatable bonds is 4. The first-order valence-electron chi connectivity index (χ1n) is 9.12. The molecule has 4 rings (SSSR count). The molecule has 1 fully saturated rings. The topological polar surface area (TPSA) is 91.1 Å². The molecule has 3 heterocycles. The van der Waals surface area contributed by atoms with Crippen molar-refractivity contribution in [3.63, 3.8) is 0 Å². The van der Waals surface area contributed by atoms with Crippen LogP contribution < -0.4 is 21.8 Å². The molecule has 0 saturated heterocycles. The highest BCUT2D eigenvalue weighted by atomic mass is 35.5. The Morgan fingerprint density at radius 1 is 1.33 bits per heavy atom. The molecule has 3 atom stereocenters. The summed E-state index contributed by atoms with van der Waals surface area (Å²) in [5.74, 6) is 6.20. The lowest BCUT2D eigenvalue weighted by Crippen LogP contribution is -2.45. The van der Waals surface area contributed by atoms with Crippen molar-refractivity contribution >= 4 is 23.0 Å². The fourth-order valence-corrected chi connectivity index (χ4v) is 4.08. The number of fused-ring (bicyclic) bond motifs is 1. The Kier molecular flexibility index (Phi) is 5.03. The van der Waals surface area contributed by atoms with E-state index in [1.54, 1.807) is 12.4 Å². The summed E-state index contributed by atoms with van der Waals surface area (Å²) in [5, 5.41) is 11.8. The van der Waals surface area contributed by atoms with Gasteiger partial charge in [-0.25, -0.2) is 20.2 Å². The average molecular weight is 392 g/mol. The molecule has 1 aromatic rings. The van der Waals surface area contributed by atoms with Crippen LogP contribution in [0.5, 0.6) is 0 Å². The van der Waals surface area contributed by atoms with Crippen LogP contribution in [0, 0.1) is 5.82 Å². The van der Waals surface area contributed by atoms with Gasteiger partial charge >= 0.3 is 0 Å². The van der Waals surface area contributed by atoms with Gasteiger partial charge in [-0.15, -0.1) is 0 Å². The van der Waals surface area contributed by atoms with E-state index < -0.39 is 5.82 Å². The van der Waals surface area contributed by atoms with Gasteiger partial charge < -0.3 is 16.0 Å². The van der Waals surface area contributed by atoms with E-state index in [1.165, 1.54) is 17.6 Å². The smallest absolute Gasteiger partial charge is 0.183 e. The molecule has 27 heavy (non-hydrogen) atoms. The van der Waals surface area contributed by atoms with E-state index in [9.17, 15) is 4.39 Å². The predicted octanol–water partition coefficient (Wildman–Crippen LogP) is 2.02. The van der Waals surface area contributed by atoms with Gasteiger partial charge in [-0.3, -0.25) is 5.01 Å². The van der Waals surface area contributed by atoms with Gasteiger partial charge in [0, 0.05) is 35.6 Å². The number of dihydropyridines is 1. The van der Waals surface area contributed by atoms with Crippen molar-refractivity contribution < 1.29 is 4.39 Å². The second-order valence-corrected chi connectivity index (χ2v) is 7.45. The number of allylic oxidation sites excluding steroid dienone is 2. The first kappa shape index (κ1) is 18.2. The Bertz CT molecular complexity index is 822. The molecule has 144 valence electrons. The minimum absolute atomic E-state index is 0.130. The van der Waals surface area contributed by atoms with Crippen molar-refractivity contribution in [1.82, 2.24) is 25.6 Å². The third-order valence-electron chi connectivity index (χ3n) is 5.30. The van der Waals surface area contributed by atoms with E-state index in [0.717, 1.165) is 30.4 Å². The van der Waals surface area contributed by atoms with Gasteiger partial charge in [0.15, 0.2) is 17.5 Å². The van der Waals surface area contributed by atoms with Crippen LogP contribution in [0.15, 0.2) is 35.3 Å². The predicted molar refractivity (Wildman–Crippen MR) is 104 cm³/mol. The van der Waals surface area contributed by atoms with Gasteiger partial charge in [0.2, 0.25) is 0 Å². The summed E-state index contributed by atoms with van der Waals surface area (Å²) in [4.78, 5) is 8.64. The van der Waals surface area contributed by atoms with E-state index in [4.69, 9.17) is 17.4 Å². The van der Waals surface area contributed by atoms with Crippen LogP contribution in [0.4, 0.5) is 10.2 Å². The first-order chi connectivity index (χ1) is 13.1. The van der Waals surface area contributed by atoms with Gasteiger partial charge in [-0.2, -0.15) is 0 Å². The standard InChI is InChI=1S/C18H23ClFN7/c1-22-14-4-2-3-5-15(14)25-17-13(20)8-23-16(26-17)12-9-27(21)18-11(12)6-10(19)7-24-18/h6-9,14-15,18,22,24H,2-5,21H2,1H3,(H,23,25,26)/t14-,15-,18?/m0/s1. The molecule has 0 bridgehead atoms. The van der Waals surface area contributed by atoms with Crippen molar-refractivity contribution in [3.8, 4) is 0 Å². The molecular formula is C18H23ClFN7. The third kappa shape index (κ3) is 3.52. The summed E-state index contributed by atoms with van der Waals surface area (Å²) in [6.07, 6.45) is 10.5. The summed E-state index contributed by atoms with van der Waals surface area (Å²) < 4.78 is 14.4. The summed E-state index contributed by atoms with van der Waals surface area (Å²) in [7, 11) is 1.94. The normalized spacial score (nSPS) is 27.3. The number of aromatic nitrogens is 2. The third-order valence-corrected chi connectivity index (χ3v) is 5.52. The van der Waals surface area contributed by atoms with Crippen molar-refractivity contribution in [2.75, 3.05) is 12.4 Å². The van der Waals surface area contributed by atoms with Gasteiger partial charge in [0.05, 0.1) is 11.2 Å². The lowest BCUT2D eigenvalue weighted by atomic mass is 9.90. The van der Waals surface area contributed by atoms with Gasteiger partial charge in [-0.1, -0.05) is 24.4 Å². The van der Waals surface area contributed by atoms with E-state index in [0.29, 0.717) is 16.9 Å². The van der Waals surface area contributed by atoms with Crippen LogP contribution in [0.3, 0.4) is 0 Å². The monoisotopic (exact) mass is 391 g/mol. The minimum Gasteiger partial charge on any atom is -0.365 e. The molecule has 1 aliphatic carbocycles. The minimum atomic E-state index is -0.465. The second kappa shape index (κ2) is 7.46. The van der Waals surface area contributed by atoms with Crippen LogP contribution in [0.2, 0.25) is 0 Å². The largest absolute Gasteiger partial charge is 0.365 e. The number of nitrogens with two attached hydrogens (primary N) is 1. The Labute approximate surface area is 162 Å². The summed E-state index contributed by atoms with van der Waals surface area (Å²) in [6, 6.07) is 0.422. The summed E-state index contributed by atoms with van der Waals surface area (Å²) in [6.45, 7) is 0. The number of anilines is 1. The van der Waals surface area contributed by atoms with Crippen LogP contribution in [-0.4, -0.2) is 40.3 Å². The number of nitrogens with one attached hydrogen (secondary N) is 3. The number of hydrogen-bond donors (Lipinski definition) is 4. The quantitative estimate of drug-likeness (QED) is 0.584. The zero-order chi connectivity index (χ0) is 19.0. The Balaban J connectivity index is 1.63. The van der Waals surface area contributed by atoms with Crippen LogP contribution in [-0.2, 0) is 0 Å². The van der Waals surface area contributed by atoms with Gasteiger partial charge in [-0.05, 0) is 26.0 Å². The lowest BCUT2D eigenvalue weighted by Gasteiger charge is -2.32. The molecule has 5 N–H and O–H groups in total. The van der Waals surface area contributed by atoms with E-state index in [-0.39, 0.29) is 18.0 Å². The molecule has 1 unspecified atom stereocenters. The molecule has 0 radical (unpaired) electrons. The van der Waals surface area contributed by atoms with Crippen molar-refractivity contribution in [3.05, 3.63) is 46.9 Å². The first-order valence-corrected chi connectivity index (χ1v) is 9.50. The fourth-order valence-electron chi connectivity index (χ4n) is 3.90. The van der Waals surface area contributed by atoms with Crippen LogP contribution >= 0.6 is 11.6 Å². The fraction of sp³-hybridized carbons (Fsp3) is 0.444. The molecule has 0 spiro atoms. The molecular weight excluding hydrogens is 369 g/mol. The maximum atomic E-state index is 14.4. The van der Waals surface area contributed by atoms with E-state index >= 15 is 0 Å². The number of likely N-dealkylation sites (N-methyl/N-ethyl adjacent to an activating group) is 1. The highest BCUT2D eigenvalue weighted by Crippen LogP contribution is 2.34. The van der Waals surface area contributed by atoms with Gasteiger partial charge in [0.1, 0.15) is 6.17 Å².